The third-order valence-electron chi connectivity index (χ3n) is 7.51. The summed E-state index contributed by atoms with van der Waals surface area (Å²) in [5, 5.41) is 9.63. The molecule has 0 amide bonds. The smallest absolute Gasteiger partial charge is 0.336 e. The molecule has 0 fully saturated rings. The lowest BCUT2D eigenvalue weighted by Crippen LogP contribution is -1.95. The van der Waals surface area contributed by atoms with Crippen LogP contribution in [0.15, 0.2) is 112 Å². The van der Waals surface area contributed by atoms with Gasteiger partial charge in [-0.15, -0.1) is 0 Å². The Labute approximate surface area is 210 Å². The second-order valence-corrected chi connectivity index (χ2v) is 9.59. The predicted molar refractivity (Wildman–Crippen MR) is 148 cm³/mol. The van der Waals surface area contributed by atoms with Gasteiger partial charge in [-0.25, -0.2) is 9.59 Å². The molecule has 0 saturated carbocycles. The van der Waals surface area contributed by atoms with Gasteiger partial charge in [0.25, 0.3) is 0 Å². The summed E-state index contributed by atoms with van der Waals surface area (Å²) in [5.74, 6) is 0. The van der Waals surface area contributed by atoms with Crippen LogP contribution in [-0.2, 0) is 0 Å². The fourth-order valence-electron chi connectivity index (χ4n) is 5.98. The summed E-state index contributed by atoms with van der Waals surface area (Å²) >= 11 is 0. The Bertz CT molecular complexity index is 2430. The Balaban J connectivity index is 1.60. The van der Waals surface area contributed by atoms with Gasteiger partial charge in [0.05, 0.1) is 0 Å². The van der Waals surface area contributed by atoms with E-state index in [1.54, 1.807) is 24.3 Å². The van der Waals surface area contributed by atoms with E-state index < -0.39 is 11.3 Å². The lowest BCUT2D eigenvalue weighted by molar-refractivity contribution is 0.559. The van der Waals surface area contributed by atoms with Gasteiger partial charge in [-0.3, -0.25) is 0 Å². The van der Waals surface area contributed by atoms with Crippen molar-refractivity contribution in [3.05, 3.63) is 106 Å². The van der Waals surface area contributed by atoms with Crippen molar-refractivity contribution in [2.75, 3.05) is 0 Å². The van der Waals surface area contributed by atoms with Crippen molar-refractivity contribution in [3.8, 4) is 0 Å². The molecule has 0 aliphatic rings. The van der Waals surface area contributed by atoms with Gasteiger partial charge in [0.15, 0.2) is 0 Å². The highest BCUT2D eigenvalue weighted by molar-refractivity contribution is 6.40. The van der Waals surface area contributed by atoms with Crippen molar-refractivity contribution in [1.82, 2.24) is 0 Å². The molecule has 9 aromatic rings. The fraction of sp³-hybridized carbons (Fsp3) is 0. The van der Waals surface area contributed by atoms with Crippen LogP contribution in [0.2, 0.25) is 0 Å². The zero-order valence-corrected chi connectivity index (χ0v) is 19.5. The zero-order chi connectivity index (χ0) is 25.1. The first-order valence-corrected chi connectivity index (χ1v) is 12.2. The first-order valence-electron chi connectivity index (χ1n) is 12.2. The molecule has 0 atom stereocenters. The molecule has 0 radical (unpaired) electrons. The molecule has 5 aromatic carbocycles. The second kappa shape index (κ2) is 6.69. The molecule has 6 heteroatoms. The minimum absolute atomic E-state index is 0.403. The summed E-state index contributed by atoms with van der Waals surface area (Å²) < 4.78 is 23.7. The Morgan fingerprint density at radius 2 is 0.842 bits per heavy atom. The van der Waals surface area contributed by atoms with Crippen LogP contribution < -0.4 is 11.3 Å². The van der Waals surface area contributed by atoms with Crippen molar-refractivity contribution in [2.45, 2.75) is 0 Å². The van der Waals surface area contributed by atoms with Crippen molar-refractivity contribution in [3.63, 3.8) is 0 Å². The van der Waals surface area contributed by atoms with E-state index in [0.29, 0.717) is 22.3 Å². The summed E-state index contributed by atoms with van der Waals surface area (Å²) in [6, 6.07) is 26.1. The van der Waals surface area contributed by atoms with Crippen LogP contribution in [0.5, 0.6) is 0 Å². The predicted octanol–water partition coefficient (Wildman–Crippen LogP) is 8.00. The highest BCUT2D eigenvalue weighted by atomic mass is 16.4. The summed E-state index contributed by atoms with van der Waals surface area (Å²) in [7, 11) is 0. The number of rotatable bonds is 0. The fourth-order valence-corrected chi connectivity index (χ4v) is 5.98. The van der Waals surface area contributed by atoms with E-state index in [0.717, 1.165) is 65.0 Å². The van der Waals surface area contributed by atoms with Gasteiger partial charge >= 0.3 is 11.3 Å². The van der Waals surface area contributed by atoms with Crippen molar-refractivity contribution >= 4 is 87.4 Å². The van der Waals surface area contributed by atoms with Crippen LogP contribution in [0.1, 0.15) is 0 Å². The average Bonchev–Trinajstić information content (AvgIpc) is 2.92. The van der Waals surface area contributed by atoms with Gasteiger partial charge in [-0.1, -0.05) is 24.3 Å². The van der Waals surface area contributed by atoms with Gasteiger partial charge in [-0.2, -0.15) is 0 Å². The van der Waals surface area contributed by atoms with Crippen LogP contribution in [0, 0.1) is 0 Å². The largest absolute Gasteiger partial charge is 0.456 e. The van der Waals surface area contributed by atoms with Crippen LogP contribution in [0.25, 0.3) is 87.4 Å². The molecule has 4 heterocycles. The first kappa shape index (κ1) is 19.8. The van der Waals surface area contributed by atoms with Gasteiger partial charge in [0.2, 0.25) is 0 Å². The maximum absolute atomic E-state index is 11.8. The molecule has 0 aliphatic carbocycles. The quantitative estimate of drug-likeness (QED) is 0.121. The number of fused-ring (bicyclic) bond motifs is 8. The van der Waals surface area contributed by atoms with E-state index in [9.17, 15) is 9.59 Å². The summed E-state index contributed by atoms with van der Waals surface area (Å²) in [6.45, 7) is 0. The maximum atomic E-state index is 11.8. The first-order chi connectivity index (χ1) is 18.6. The summed E-state index contributed by atoms with van der Waals surface area (Å²) in [5.41, 5.74) is 2.87. The van der Waals surface area contributed by atoms with Crippen LogP contribution in [0.3, 0.4) is 0 Å². The zero-order valence-electron chi connectivity index (χ0n) is 19.5. The monoisotopic (exact) mass is 494 g/mol. The van der Waals surface area contributed by atoms with E-state index in [1.807, 2.05) is 36.4 Å². The number of benzene rings is 5. The lowest BCUT2D eigenvalue weighted by atomic mass is 9.90. The van der Waals surface area contributed by atoms with Gasteiger partial charge < -0.3 is 17.7 Å². The average molecular weight is 494 g/mol. The molecule has 0 unspecified atom stereocenters. The molecule has 0 aliphatic heterocycles. The number of hydrogen-bond donors (Lipinski definition) is 0. The summed E-state index contributed by atoms with van der Waals surface area (Å²) in [6.07, 6.45) is 0. The minimum atomic E-state index is -0.403. The highest BCUT2D eigenvalue weighted by Gasteiger charge is 2.21. The van der Waals surface area contributed by atoms with Gasteiger partial charge in [-0.05, 0) is 47.2 Å². The normalized spacial score (nSPS) is 12.4. The van der Waals surface area contributed by atoms with Crippen molar-refractivity contribution in [2.24, 2.45) is 0 Å². The molecule has 6 nitrogen and oxygen atoms in total. The van der Waals surface area contributed by atoms with Crippen LogP contribution in [-0.4, -0.2) is 0 Å². The Morgan fingerprint density at radius 3 is 1.32 bits per heavy atom. The molecule has 9 rings (SSSR count). The van der Waals surface area contributed by atoms with E-state index in [-0.39, 0.29) is 0 Å². The van der Waals surface area contributed by atoms with E-state index in [2.05, 4.69) is 12.1 Å². The molecular formula is C32H14O6. The SMILES string of the molecule is O=c1ccc2cc3c(cc2o1)oc1cccc2c1c3c1cccc3oc4cc5oc(=O)ccc5cc4c2c31. The third kappa shape index (κ3) is 2.46. The molecule has 178 valence electrons. The Hall–Kier alpha value is -5.36. The second-order valence-electron chi connectivity index (χ2n) is 9.59. The highest BCUT2D eigenvalue weighted by Crippen LogP contribution is 2.46. The molecule has 4 aromatic heterocycles. The molecular weight excluding hydrogens is 480 g/mol. The van der Waals surface area contributed by atoms with Crippen LogP contribution >= 0.6 is 0 Å². The van der Waals surface area contributed by atoms with Crippen LogP contribution in [0.4, 0.5) is 0 Å². The lowest BCUT2D eigenvalue weighted by Gasteiger charge is -2.17. The van der Waals surface area contributed by atoms with E-state index >= 15 is 0 Å². The summed E-state index contributed by atoms with van der Waals surface area (Å²) in [4.78, 5) is 23.7. The van der Waals surface area contributed by atoms with Crippen molar-refractivity contribution in [1.29, 1.82) is 0 Å². The topological polar surface area (TPSA) is 86.7 Å². The molecule has 0 N–H and O–H groups in total. The van der Waals surface area contributed by atoms with Gasteiger partial charge in [0.1, 0.15) is 33.5 Å². The molecule has 0 spiro atoms. The van der Waals surface area contributed by atoms with E-state index in [1.165, 1.54) is 12.1 Å². The maximum Gasteiger partial charge on any atom is 0.336 e. The Morgan fingerprint density at radius 1 is 0.368 bits per heavy atom. The minimum Gasteiger partial charge on any atom is -0.456 e. The molecule has 0 bridgehead atoms. The van der Waals surface area contributed by atoms with Crippen molar-refractivity contribution < 1.29 is 17.7 Å². The van der Waals surface area contributed by atoms with Gasteiger partial charge in [0, 0.05) is 67.4 Å². The van der Waals surface area contributed by atoms with E-state index in [4.69, 9.17) is 17.7 Å². The Kier molecular flexibility index (Phi) is 3.48. The molecule has 38 heavy (non-hydrogen) atoms. The standard InChI is InChI=1S/C32H14O6/c33-27-10-8-16-12-20-25(13-23(16)37-27)35-21-5-1-3-17-29-19-11-15-7-9-28(34)38-24(15)14-26(19)36-22-6-2-4-18(32(22)29)30(20)31(17)21/h1-14H. The third-order valence-corrected chi connectivity index (χ3v) is 7.51. The molecule has 0 saturated heterocycles. The number of hydrogen-bond acceptors (Lipinski definition) is 6.